The second-order valence-corrected chi connectivity index (χ2v) is 9.70. The molecule has 0 saturated heterocycles. The molecule has 3 rings (SSSR count). The number of nitrogens with zero attached hydrogens (tertiary/aromatic N) is 1. The Kier molecular flexibility index (Phi) is 6.58. The number of aryl methyl sites for hydroxylation is 2. The van der Waals surface area contributed by atoms with Crippen LogP contribution in [0.25, 0.3) is 10.8 Å². The molecule has 3 aromatic carbocycles. The molecule has 0 bridgehead atoms. The van der Waals surface area contributed by atoms with E-state index in [0.29, 0.717) is 0 Å². The lowest BCUT2D eigenvalue weighted by Crippen LogP contribution is -2.39. The van der Waals surface area contributed by atoms with Crippen molar-refractivity contribution in [3.63, 3.8) is 0 Å². The highest BCUT2D eigenvalue weighted by molar-refractivity contribution is 7.89. The van der Waals surface area contributed by atoms with Gasteiger partial charge in [0.25, 0.3) is 0 Å². The van der Waals surface area contributed by atoms with Crippen molar-refractivity contribution in [1.29, 1.82) is 0 Å². The van der Waals surface area contributed by atoms with Crippen LogP contribution in [0.2, 0.25) is 0 Å². The zero-order valence-electron chi connectivity index (χ0n) is 17.8. The number of hydrogen-bond donors (Lipinski definition) is 1. The number of sulfonamides is 1. The zero-order chi connectivity index (χ0) is 21.9. The number of carbonyl (C=O) groups excluding carboxylic acids is 1. The van der Waals surface area contributed by atoms with Crippen molar-refractivity contribution in [2.45, 2.75) is 38.1 Å². The van der Waals surface area contributed by atoms with Gasteiger partial charge < -0.3 is 5.32 Å². The van der Waals surface area contributed by atoms with Crippen molar-refractivity contribution < 1.29 is 13.2 Å². The summed E-state index contributed by atoms with van der Waals surface area (Å²) in [5.74, 6) is -0.325. The van der Waals surface area contributed by atoms with E-state index in [1.165, 1.54) is 12.6 Å². The summed E-state index contributed by atoms with van der Waals surface area (Å²) in [6, 6.07) is 18.6. The summed E-state index contributed by atoms with van der Waals surface area (Å²) in [5.41, 5.74) is 3.33. The van der Waals surface area contributed by atoms with E-state index in [9.17, 15) is 13.2 Å². The Hall–Kier alpha value is -2.70. The van der Waals surface area contributed by atoms with Gasteiger partial charge in [-0.05, 0) is 54.3 Å². The van der Waals surface area contributed by atoms with Crippen molar-refractivity contribution in [1.82, 2.24) is 9.62 Å². The smallest absolute Gasteiger partial charge is 0.243 e. The molecule has 0 aliphatic carbocycles. The fourth-order valence-electron chi connectivity index (χ4n) is 3.65. The first-order valence-electron chi connectivity index (χ1n) is 10.0. The predicted molar refractivity (Wildman–Crippen MR) is 121 cm³/mol. The Morgan fingerprint density at radius 1 is 1.00 bits per heavy atom. The Morgan fingerprint density at radius 3 is 2.37 bits per heavy atom. The van der Waals surface area contributed by atoms with Crippen molar-refractivity contribution in [2.24, 2.45) is 0 Å². The third-order valence-electron chi connectivity index (χ3n) is 5.34. The SMILES string of the molecule is CC[C@@H](NC(=O)CN(C)S(=O)(=O)c1ccc2ccccc2c1)c1ccc(C)cc1C. The molecule has 0 radical (unpaired) electrons. The van der Waals surface area contributed by atoms with Crippen LogP contribution in [0.1, 0.15) is 36.1 Å². The van der Waals surface area contributed by atoms with Crippen LogP contribution in [-0.4, -0.2) is 32.2 Å². The van der Waals surface area contributed by atoms with E-state index in [1.807, 2.05) is 57.2 Å². The molecule has 0 fully saturated rings. The van der Waals surface area contributed by atoms with E-state index in [-0.39, 0.29) is 23.4 Å². The van der Waals surface area contributed by atoms with Gasteiger partial charge >= 0.3 is 0 Å². The molecular weight excluding hydrogens is 396 g/mol. The number of amides is 1. The van der Waals surface area contributed by atoms with Gasteiger partial charge in [-0.25, -0.2) is 8.42 Å². The molecule has 1 atom stereocenters. The zero-order valence-corrected chi connectivity index (χ0v) is 18.7. The van der Waals surface area contributed by atoms with Crippen LogP contribution in [-0.2, 0) is 14.8 Å². The Bertz CT molecular complexity index is 1170. The van der Waals surface area contributed by atoms with Crippen LogP contribution < -0.4 is 5.32 Å². The van der Waals surface area contributed by atoms with Crippen LogP contribution >= 0.6 is 0 Å². The van der Waals surface area contributed by atoms with E-state index in [4.69, 9.17) is 0 Å². The largest absolute Gasteiger partial charge is 0.348 e. The highest BCUT2D eigenvalue weighted by atomic mass is 32.2. The number of benzene rings is 3. The third kappa shape index (κ3) is 4.71. The van der Waals surface area contributed by atoms with Crippen LogP contribution in [0.15, 0.2) is 65.6 Å². The molecule has 0 spiro atoms. The monoisotopic (exact) mass is 424 g/mol. The maximum Gasteiger partial charge on any atom is 0.243 e. The van der Waals surface area contributed by atoms with E-state index in [2.05, 4.69) is 11.4 Å². The molecule has 1 amide bonds. The highest BCUT2D eigenvalue weighted by Gasteiger charge is 2.24. The van der Waals surface area contributed by atoms with Gasteiger partial charge in [0.2, 0.25) is 15.9 Å². The Morgan fingerprint density at radius 2 is 1.70 bits per heavy atom. The highest BCUT2D eigenvalue weighted by Crippen LogP contribution is 2.23. The summed E-state index contributed by atoms with van der Waals surface area (Å²) in [7, 11) is -2.34. The standard InChI is InChI=1S/C24H28N2O3S/c1-5-23(22-13-10-17(2)14-18(22)3)25-24(27)16-26(4)30(28,29)21-12-11-19-8-6-7-9-20(19)15-21/h6-15,23H,5,16H2,1-4H3,(H,25,27)/t23-/m1/s1. The fourth-order valence-corrected chi connectivity index (χ4v) is 4.81. The predicted octanol–water partition coefficient (Wildman–Crippen LogP) is 4.34. The summed E-state index contributed by atoms with van der Waals surface area (Å²) in [4.78, 5) is 12.8. The molecule has 0 unspecified atom stereocenters. The first kappa shape index (κ1) is 22.0. The minimum absolute atomic E-state index is 0.158. The lowest BCUT2D eigenvalue weighted by atomic mass is 9.97. The third-order valence-corrected chi connectivity index (χ3v) is 7.14. The Balaban J connectivity index is 1.74. The summed E-state index contributed by atoms with van der Waals surface area (Å²) in [6.45, 7) is 5.81. The first-order chi connectivity index (χ1) is 14.2. The van der Waals surface area contributed by atoms with Crippen LogP contribution in [0, 0.1) is 13.8 Å². The topological polar surface area (TPSA) is 66.5 Å². The number of likely N-dealkylation sites (N-methyl/N-ethyl adjacent to an activating group) is 1. The molecule has 0 saturated carbocycles. The van der Waals surface area contributed by atoms with E-state index in [0.717, 1.165) is 32.6 Å². The van der Waals surface area contributed by atoms with Gasteiger partial charge in [0.05, 0.1) is 17.5 Å². The molecule has 0 heterocycles. The maximum atomic E-state index is 13.0. The van der Waals surface area contributed by atoms with E-state index >= 15 is 0 Å². The second kappa shape index (κ2) is 8.98. The fraction of sp³-hybridized carbons (Fsp3) is 0.292. The van der Waals surface area contributed by atoms with Gasteiger partial charge in [-0.3, -0.25) is 4.79 Å². The molecule has 158 valence electrons. The number of hydrogen-bond acceptors (Lipinski definition) is 3. The number of carbonyl (C=O) groups is 1. The molecule has 0 aliphatic rings. The number of nitrogens with one attached hydrogen (secondary N) is 1. The summed E-state index contributed by atoms with van der Waals surface area (Å²) >= 11 is 0. The average Bonchev–Trinajstić information content (AvgIpc) is 2.72. The molecule has 3 aromatic rings. The minimum atomic E-state index is -3.77. The molecule has 1 N–H and O–H groups in total. The van der Waals surface area contributed by atoms with Gasteiger partial charge in [0.1, 0.15) is 0 Å². The average molecular weight is 425 g/mol. The van der Waals surface area contributed by atoms with Crippen LogP contribution in [0.4, 0.5) is 0 Å². The Labute approximate surface area is 178 Å². The van der Waals surface area contributed by atoms with E-state index in [1.54, 1.807) is 18.2 Å². The molecule has 0 aromatic heterocycles. The second-order valence-electron chi connectivity index (χ2n) is 7.66. The molecule has 0 aliphatic heterocycles. The van der Waals surface area contributed by atoms with Crippen molar-refractivity contribution in [2.75, 3.05) is 13.6 Å². The van der Waals surface area contributed by atoms with Crippen molar-refractivity contribution in [3.05, 3.63) is 77.4 Å². The number of fused-ring (bicyclic) bond motifs is 1. The van der Waals surface area contributed by atoms with E-state index < -0.39 is 10.0 Å². The van der Waals surface area contributed by atoms with Crippen LogP contribution in [0.3, 0.4) is 0 Å². The minimum Gasteiger partial charge on any atom is -0.348 e. The van der Waals surface area contributed by atoms with Gasteiger partial charge in [-0.15, -0.1) is 0 Å². The summed E-state index contributed by atoms with van der Waals surface area (Å²) in [6.07, 6.45) is 0.719. The lowest BCUT2D eigenvalue weighted by molar-refractivity contribution is -0.121. The molecular formula is C24H28N2O3S. The van der Waals surface area contributed by atoms with Crippen molar-refractivity contribution >= 4 is 26.7 Å². The molecule has 5 nitrogen and oxygen atoms in total. The first-order valence-corrected chi connectivity index (χ1v) is 11.5. The quantitative estimate of drug-likeness (QED) is 0.613. The molecule has 30 heavy (non-hydrogen) atoms. The summed E-state index contributed by atoms with van der Waals surface area (Å²) < 4.78 is 27.0. The molecule has 6 heteroatoms. The normalized spacial score (nSPS) is 12.8. The van der Waals surface area contributed by atoms with Gasteiger partial charge in [0.15, 0.2) is 0 Å². The van der Waals surface area contributed by atoms with Crippen molar-refractivity contribution in [3.8, 4) is 0 Å². The van der Waals surface area contributed by atoms with Gasteiger partial charge in [0, 0.05) is 7.05 Å². The maximum absolute atomic E-state index is 13.0. The lowest BCUT2D eigenvalue weighted by Gasteiger charge is -2.22. The van der Waals surface area contributed by atoms with Gasteiger partial charge in [-0.2, -0.15) is 4.31 Å². The number of rotatable bonds is 7. The summed E-state index contributed by atoms with van der Waals surface area (Å²) in [5, 5.41) is 4.80. The van der Waals surface area contributed by atoms with Crippen LogP contribution in [0.5, 0.6) is 0 Å². The van der Waals surface area contributed by atoms with Gasteiger partial charge in [-0.1, -0.05) is 61.0 Å².